The van der Waals surface area contributed by atoms with Gasteiger partial charge < -0.3 is 15.3 Å². The third-order valence-corrected chi connectivity index (χ3v) is 1.96. The Hall–Kier alpha value is -0.120. The molecule has 0 fully saturated rings. The quantitative estimate of drug-likeness (QED) is 0.562. The van der Waals surface area contributed by atoms with E-state index in [9.17, 15) is 0 Å². The highest BCUT2D eigenvalue weighted by Crippen LogP contribution is 1.97. The highest BCUT2D eigenvalue weighted by atomic mass is 16.3. The van der Waals surface area contributed by atoms with Crippen LogP contribution in [0, 0.1) is 0 Å². The Labute approximate surface area is 63.0 Å². The lowest BCUT2D eigenvalue weighted by Crippen LogP contribution is -2.46. The molecule has 0 aromatic heterocycles. The number of hydrogen-bond donors (Lipinski definition) is 2. The normalized spacial score (nSPS) is 17.4. The van der Waals surface area contributed by atoms with Crippen LogP contribution in [0.4, 0.5) is 0 Å². The van der Waals surface area contributed by atoms with E-state index in [0.29, 0.717) is 6.04 Å². The minimum absolute atomic E-state index is 0.176. The van der Waals surface area contributed by atoms with Gasteiger partial charge in [0.2, 0.25) is 0 Å². The first-order chi connectivity index (χ1) is 4.63. The summed E-state index contributed by atoms with van der Waals surface area (Å²) in [6, 6.07) is 0.546. The summed E-state index contributed by atoms with van der Waals surface area (Å²) >= 11 is 0. The summed E-state index contributed by atoms with van der Waals surface area (Å²) in [4.78, 5) is 2.08. The summed E-state index contributed by atoms with van der Waals surface area (Å²) in [5.41, 5.74) is 0. The van der Waals surface area contributed by atoms with Crippen LogP contribution in [0.2, 0.25) is 0 Å². The lowest BCUT2D eigenvalue weighted by Gasteiger charge is -2.27. The molecule has 0 spiro atoms. The van der Waals surface area contributed by atoms with Gasteiger partial charge in [-0.25, -0.2) is 0 Å². The molecule has 0 aromatic carbocycles. The molecule has 10 heavy (non-hydrogen) atoms. The Balaban J connectivity index is 3.76. The van der Waals surface area contributed by atoms with E-state index in [1.54, 1.807) is 0 Å². The van der Waals surface area contributed by atoms with Gasteiger partial charge in [-0.3, -0.25) is 0 Å². The summed E-state index contributed by atoms with van der Waals surface area (Å²) in [7, 11) is 5.87. The van der Waals surface area contributed by atoms with Crippen molar-refractivity contribution in [3.63, 3.8) is 0 Å². The van der Waals surface area contributed by atoms with Gasteiger partial charge in [-0.1, -0.05) is 0 Å². The van der Waals surface area contributed by atoms with Gasteiger partial charge in [-0.15, -0.1) is 0 Å². The molecule has 3 heteroatoms. The first kappa shape index (κ1) is 9.88. The zero-order chi connectivity index (χ0) is 8.15. The number of nitrogens with one attached hydrogen (secondary N) is 1. The summed E-state index contributed by atoms with van der Waals surface area (Å²) < 4.78 is 0. The van der Waals surface area contributed by atoms with Crippen LogP contribution in [-0.2, 0) is 0 Å². The van der Waals surface area contributed by atoms with Crippen LogP contribution < -0.4 is 5.32 Å². The molecule has 0 aliphatic rings. The maximum Gasteiger partial charge on any atom is 0.0599 e. The van der Waals surface area contributed by atoms with E-state index < -0.39 is 0 Å². The van der Waals surface area contributed by atoms with E-state index >= 15 is 0 Å². The molecule has 0 saturated heterocycles. The summed E-state index contributed by atoms with van der Waals surface area (Å²) in [6.45, 7) is 2.27. The number of aliphatic hydroxyl groups is 1. The van der Waals surface area contributed by atoms with Crippen LogP contribution in [0.5, 0.6) is 0 Å². The van der Waals surface area contributed by atoms with Gasteiger partial charge >= 0.3 is 0 Å². The van der Waals surface area contributed by atoms with E-state index in [0.717, 1.165) is 0 Å². The van der Waals surface area contributed by atoms with Crippen LogP contribution in [0.1, 0.15) is 6.92 Å². The first-order valence-electron chi connectivity index (χ1n) is 3.58. The second-order valence-corrected chi connectivity index (χ2v) is 2.78. The lowest BCUT2D eigenvalue weighted by molar-refractivity contribution is 0.172. The molecule has 0 heterocycles. The second-order valence-electron chi connectivity index (χ2n) is 2.78. The van der Waals surface area contributed by atoms with Crippen LogP contribution in [0.3, 0.4) is 0 Å². The van der Waals surface area contributed by atoms with Crippen molar-refractivity contribution < 1.29 is 5.11 Å². The SMILES string of the molecule is CNC(CO)C(C)N(C)C. The molecule has 0 amide bonds. The summed E-state index contributed by atoms with van der Waals surface area (Å²) in [5, 5.41) is 11.9. The van der Waals surface area contributed by atoms with Crippen LogP contribution in [0.25, 0.3) is 0 Å². The maximum absolute atomic E-state index is 8.86. The van der Waals surface area contributed by atoms with Crippen molar-refractivity contribution in [3.05, 3.63) is 0 Å². The van der Waals surface area contributed by atoms with Gasteiger partial charge in [0, 0.05) is 12.1 Å². The predicted octanol–water partition coefficient (Wildman–Crippen LogP) is -0.483. The fraction of sp³-hybridized carbons (Fsp3) is 1.00. The molecular weight excluding hydrogens is 128 g/mol. The van der Waals surface area contributed by atoms with Crippen molar-refractivity contribution in [2.24, 2.45) is 0 Å². The smallest absolute Gasteiger partial charge is 0.0599 e. The van der Waals surface area contributed by atoms with E-state index in [1.807, 2.05) is 21.1 Å². The van der Waals surface area contributed by atoms with E-state index in [2.05, 4.69) is 17.1 Å². The second kappa shape index (κ2) is 4.66. The van der Waals surface area contributed by atoms with Crippen molar-refractivity contribution in [1.29, 1.82) is 0 Å². The van der Waals surface area contributed by atoms with Crippen molar-refractivity contribution in [1.82, 2.24) is 10.2 Å². The van der Waals surface area contributed by atoms with Crippen molar-refractivity contribution >= 4 is 0 Å². The standard InChI is InChI=1S/C7H18N2O/c1-6(9(3)4)7(5-10)8-2/h6-8,10H,5H2,1-4H3. The Morgan fingerprint density at radius 3 is 2.10 bits per heavy atom. The minimum atomic E-state index is 0.176. The Bertz CT molecular complexity index is 81.7. The third kappa shape index (κ3) is 2.64. The van der Waals surface area contributed by atoms with Crippen LogP contribution >= 0.6 is 0 Å². The number of aliphatic hydroxyl groups excluding tert-OH is 1. The third-order valence-electron chi connectivity index (χ3n) is 1.96. The van der Waals surface area contributed by atoms with Crippen molar-refractivity contribution in [2.45, 2.75) is 19.0 Å². The van der Waals surface area contributed by atoms with Gasteiger partial charge in [0.05, 0.1) is 6.61 Å². The molecule has 0 radical (unpaired) electrons. The van der Waals surface area contributed by atoms with Gasteiger partial charge in [-0.2, -0.15) is 0 Å². The van der Waals surface area contributed by atoms with Gasteiger partial charge in [-0.05, 0) is 28.1 Å². The van der Waals surface area contributed by atoms with Gasteiger partial charge in [0.15, 0.2) is 0 Å². The Kier molecular flexibility index (Phi) is 4.60. The van der Waals surface area contributed by atoms with Crippen LogP contribution in [-0.4, -0.2) is 49.8 Å². The molecule has 0 aromatic rings. The monoisotopic (exact) mass is 146 g/mol. The van der Waals surface area contributed by atoms with E-state index in [-0.39, 0.29) is 12.6 Å². The fourth-order valence-electron chi connectivity index (χ4n) is 0.845. The van der Waals surface area contributed by atoms with E-state index in [4.69, 9.17) is 5.11 Å². The highest BCUT2D eigenvalue weighted by molar-refractivity contribution is 4.75. The average Bonchev–Trinajstić information content (AvgIpc) is 1.90. The number of likely N-dealkylation sites (N-methyl/N-ethyl adjacent to an activating group) is 2. The molecule has 0 bridgehead atoms. The topological polar surface area (TPSA) is 35.5 Å². The zero-order valence-corrected chi connectivity index (χ0v) is 7.26. The summed E-state index contributed by atoms with van der Waals surface area (Å²) in [5.74, 6) is 0. The predicted molar refractivity (Wildman–Crippen MR) is 43.1 cm³/mol. The van der Waals surface area contributed by atoms with Gasteiger partial charge in [0.25, 0.3) is 0 Å². The zero-order valence-electron chi connectivity index (χ0n) is 7.26. The Morgan fingerprint density at radius 2 is 2.00 bits per heavy atom. The average molecular weight is 146 g/mol. The van der Waals surface area contributed by atoms with Crippen LogP contribution in [0.15, 0.2) is 0 Å². The molecule has 2 N–H and O–H groups in total. The number of rotatable bonds is 4. The molecule has 0 rings (SSSR count). The molecule has 0 aliphatic heterocycles. The molecule has 0 aliphatic carbocycles. The van der Waals surface area contributed by atoms with E-state index in [1.165, 1.54) is 0 Å². The minimum Gasteiger partial charge on any atom is -0.395 e. The molecule has 2 atom stereocenters. The maximum atomic E-state index is 8.86. The molecule has 3 nitrogen and oxygen atoms in total. The molecular formula is C7H18N2O. The molecule has 2 unspecified atom stereocenters. The highest BCUT2D eigenvalue weighted by Gasteiger charge is 2.15. The fourth-order valence-corrected chi connectivity index (χ4v) is 0.845. The number of hydrogen-bond acceptors (Lipinski definition) is 3. The largest absolute Gasteiger partial charge is 0.395 e. The van der Waals surface area contributed by atoms with Crippen molar-refractivity contribution in [3.8, 4) is 0 Å². The molecule has 62 valence electrons. The molecule has 0 saturated carbocycles. The summed E-state index contributed by atoms with van der Waals surface area (Å²) in [6.07, 6.45) is 0. The first-order valence-corrected chi connectivity index (χ1v) is 3.58. The Morgan fingerprint density at radius 1 is 1.50 bits per heavy atom. The van der Waals surface area contributed by atoms with Crippen molar-refractivity contribution in [2.75, 3.05) is 27.7 Å². The van der Waals surface area contributed by atoms with Gasteiger partial charge in [0.1, 0.15) is 0 Å². The lowest BCUT2D eigenvalue weighted by atomic mass is 10.1. The number of nitrogens with zero attached hydrogens (tertiary/aromatic N) is 1.